The minimum Gasteiger partial charge on any atom is -0.444 e. The number of amides is 1. The first-order valence-electron chi connectivity index (χ1n) is 14.3. The van der Waals surface area contributed by atoms with Gasteiger partial charge in [-0.1, -0.05) is 121 Å². The van der Waals surface area contributed by atoms with Crippen LogP contribution in [-0.4, -0.2) is 32.4 Å². The molecule has 0 aromatic heterocycles. The van der Waals surface area contributed by atoms with E-state index in [0.29, 0.717) is 13.0 Å². The summed E-state index contributed by atoms with van der Waals surface area (Å²) in [5.74, 6) is 0. The third-order valence-electron chi connectivity index (χ3n) is 6.89. The van der Waals surface area contributed by atoms with Crippen LogP contribution in [0.3, 0.4) is 0 Å². The maximum atomic E-state index is 12.3. The smallest absolute Gasteiger partial charge is 0.407 e. The summed E-state index contributed by atoms with van der Waals surface area (Å²) in [5.41, 5.74) is 3.71. The van der Waals surface area contributed by atoms with Crippen LogP contribution in [0.1, 0.15) is 48.6 Å². The fourth-order valence-electron chi connectivity index (χ4n) is 5.03. The zero-order valence-electron chi connectivity index (χ0n) is 25.2. The van der Waals surface area contributed by atoms with E-state index in [2.05, 4.69) is 47.0 Å². The van der Waals surface area contributed by atoms with Crippen LogP contribution >= 0.6 is 0 Å². The molecule has 1 amide bonds. The first kappa shape index (κ1) is 31.7. The summed E-state index contributed by atoms with van der Waals surface area (Å²) >= 11 is 0. The van der Waals surface area contributed by atoms with Gasteiger partial charge in [0.2, 0.25) is 0 Å². The normalized spacial score (nSPS) is 13.0. The van der Waals surface area contributed by atoms with Crippen molar-refractivity contribution < 1.29 is 17.9 Å². The molecule has 0 bridgehead atoms. The maximum absolute atomic E-state index is 12.3. The molecule has 0 saturated carbocycles. The van der Waals surface area contributed by atoms with Crippen molar-refractivity contribution >= 4 is 15.9 Å². The van der Waals surface area contributed by atoms with E-state index in [9.17, 15) is 13.2 Å². The van der Waals surface area contributed by atoms with E-state index in [1.165, 1.54) is 11.7 Å². The third kappa shape index (κ3) is 9.14. The van der Waals surface area contributed by atoms with Gasteiger partial charge in [0.1, 0.15) is 5.60 Å². The Morgan fingerprint density at radius 1 is 0.744 bits per heavy atom. The number of carbonyl (C=O) groups excluding carboxylic acids is 1. The lowest BCUT2D eigenvalue weighted by molar-refractivity contribution is 0.0523. The van der Waals surface area contributed by atoms with E-state index in [0.717, 1.165) is 27.8 Å². The van der Waals surface area contributed by atoms with Crippen LogP contribution in [0, 0.1) is 0 Å². The van der Waals surface area contributed by atoms with Gasteiger partial charge in [-0.25, -0.2) is 13.2 Å². The Morgan fingerprint density at radius 3 is 1.60 bits per heavy atom. The van der Waals surface area contributed by atoms with E-state index < -0.39 is 27.1 Å². The van der Waals surface area contributed by atoms with E-state index in [-0.39, 0.29) is 6.04 Å². The number of rotatable bonds is 11. The minimum atomic E-state index is -3.37. The zero-order valence-corrected chi connectivity index (χ0v) is 26.0. The minimum absolute atomic E-state index is 0.337. The largest absolute Gasteiger partial charge is 0.444 e. The molecule has 7 heteroatoms. The highest BCUT2D eigenvalue weighted by Crippen LogP contribution is 2.37. The molecule has 6 nitrogen and oxygen atoms in total. The number of ether oxygens (including phenoxy) is 1. The van der Waals surface area contributed by atoms with E-state index in [4.69, 9.17) is 4.74 Å². The lowest BCUT2D eigenvalue weighted by atomic mass is 9.76. The topological polar surface area (TPSA) is 84.5 Å². The molecule has 224 valence electrons. The van der Waals surface area contributed by atoms with Gasteiger partial charge in [-0.05, 0) is 55.0 Å². The quantitative estimate of drug-likeness (QED) is 0.187. The molecule has 0 radical (unpaired) electrons. The van der Waals surface area contributed by atoms with Crippen molar-refractivity contribution in [2.75, 3.05) is 6.26 Å². The number of hydrogen-bond acceptors (Lipinski definition) is 5. The molecule has 0 saturated heterocycles. The Labute approximate surface area is 255 Å². The van der Waals surface area contributed by atoms with Crippen LogP contribution in [0.15, 0.2) is 127 Å². The van der Waals surface area contributed by atoms with Gasteiger partial charge in [0.15, 0.2) is 9.84 Å². The zero-order chi connectivity index (χ0) is 30.9. The van der Waals surface area contributed by atoms with Gasteiger partial charge in [-0.3, -0.25) is 5.32 Å². The second-order valence-electron chi connectivity index (χ2n) is 11.6. The Balaban J connectivity index is 1.70. The summed E-state index contributed by atoms with van der Waals surface area (Å²) in [6.07, 6.45) is 2.99. The number of carbonyl (C=O) groups is 1. The van der Waals surface area contributed by atoms with Crippen LogP contribution < -0.4 is 10.6 Å². The van der Waals surface area contributed by atoms with E-state index in [1.807, 2.05) is 99.6 Å². The summed E-state index contributed by atoms with van der Waals surface area (Å²) in [7, 11) is -3.37. The average Bonchev–Trinajstić information content (AvgIpc) is 2.98. The number of benzene rings is 4. The lowest BCUT2D eigenvalue weighted by Crippen LogP contribution is -2.50. The predicted molar refractivity (Wildman–Crippen MR) is 173 cm³/mol. The van der Waals surface area contributed by atoms with Crippen LogP contribution in [-0.2, 0) is 33.1 Å². The van der Waals surface area contributed by atoms with Gasteiger partial charge in [0, 0.05) is 24.3 Å². The molecule has 0 heterocycles. The standard InChI is InChI=1S/C36H40N2O4S/c1-35(2,3)42-34(39)37-27-29-22-20-28(21-23-29)26-33(24-25-43(4,40)41)38-36(30-14-8-5-9-15-30,31-16-10-6-11-17-31)32-18-12-7-13-19-32/h5-25,33,38H,26-27H2,1-4H3,(H,37,39)/b25-24+/t33-/m1/s1. The molecular weight excluding hydrogens is 556 g/mol. The first-order valence-corrected chi connectivity index (χ1v) is 16.3. The Bertz CT molecular complexity index is 1500. The van der Waals surface area contributed by atoms with Crippen LogP contribution in [0.5, 0.6) is 0 Å². The second kappa shape index (κ2) is 13.8. The molecule has 0 fully saturated rings. The highest BCUT2D eigenvalue weighted by Gasteiger charge is 2.37. The fraction of sp³-hybridized carbons (Fsp3) is 0.250. The van der Waals surface area contributed by atoms with Crippen LogP contribution in [0.4, 0.5) is 4.79 Å². The molecule has 0 unspecified atom stereocenters. The lowest BCUT2D eigenvalue weighted by Gasteiger charge is -2.39. The second-order valence-corrected chi connectivity index (χ2v) is 13.6. The van der Waals surface area contributed by atoms with Crippen molar-refractivity contribution in [3.8, 4) is 0 Å². The third-order valence-corrected chi connectivity index (χ3v) is 7.55. The fourth-order valence-corrected chi connectivity index (χ4v) is 5.51. The number of sulfone groups is 1. The van der Waals surface area contributed by atoms with Gasteiger partial charge in [0.05, 0.1) is 5.54 Å². The van der Waals surface area contributed by atoms with E-state index >= 15 is 0 Å². The SMILES string of the molecule is CC(C)(C)OC(=O)NCc1ccc(C[C@@H](/C=C/S(C)(=O)=O)NC(c2ccccc2)(c2ccccc2)c2ccccc2)cc1. The van der Waals surface area contributed by atoms with E-state index in [1.54, 1.807) is 6.08 Å². The summed E-state index contributed by atoms with van der Waals surface area (Å²) in [6, 6.07) is 38.2. The molecule has 0 aliphatic carbocycles. The Morgan fingerprint density at radius 2 is 1.19 bits per heavy atom. The molecule has 0 aliphatic rings. The first-order chi connectivity index (χ1) is 20.4. The van der Waals surface area contributed by atoms with Gasteiger partial charge >= 0.3 is 6.09 Å². The van der Waals surface area contributed by atoms with Crippen molar-refractivity contribution in [1.82, 2.24) is 10.6 Å². The predicted octanol–water partition coefficient (Wildman–Crippen LogP) is 6.76. The van der Waals surface area contributed by atoms with Crippen LogP contribution in [0.25, 0.3) is 0 Å². The molecule has 4 rings (SSSR count). The van der Waals surface area contributed by atoms with Crippen LogP contribution in [0.2, 0.25) is 0 Å². The molecule has 0 spiro atoms. The Kier molecular flexibility index (Phi) is 10.2. The Hall–Kier alpha value is -4.20. The molecule has 43 heavy (non-hydrogen) atoms. The van der Waals surface area contributed by atoms with Crippen molar-refractivity contribution in [1.29, 1.82) is 0 Å². The summed E-state index contributed by atoms with van der Waals surface area (Å²) in [4.78, 5) is 12.1. The highest BCUT2D eigenvalue weighted by molar-refractivity contribution is 7.93. The number of nitrogens with one attached hydrogen (secondary N) is 2. The summed E-state index contributed by atoms with van der Waals surface area (Å²) in [6.45, 7) is 5.81. The van der Waals surface area contributed by atoms with Crippen molar-refractivity contribution in [2.45, 2.75) is 50.9 Å². The number of alkyl carbamates (subject to hydrolysis) is 1. The molecule has 4 aromatic rings. The van der Waals surface area contributed by atoms with Crippen molar-refractivity contribution in [3.63, 3.8) is 0 Å². The van der Waals surface area contributed by atoms with Gasteiger partial charge in [-0.2, -0.15) is 0 Å². The molecule has 0 aliphatic heterocycles. The maximum Gasteiger partial charge on any atom is 0.407 e. The number of hydrogen-bond donors (Lipinski definition) is 2. The van der Waals surface area contributed by atoms with Crippen molar-refractivity contribution in [3.05, 3.63) is 155 Å². The van der Waals surface area contributed by atoms with Crippen molar-refractivity contribution in [2.24, 2.45) is 0 Å². The summed E-state index contributed by atoms with van der Waals surface area (Å²) in [5, 5.41) is 7.95. The van der Waals surface area contributed by atoms with Gasteiger partial charge in [-0.15, -0.1) is 0 Å². The monoisotopic (exact) mass is 596 g/mol. The molecular formula is C36H40N2O4S. The molecule has 2 N–H and O–H groups in total. The average molecular weight is 597 g/mol. The highest BCUT2D eigenvalue weighted by atomic mass is 32.2. The summed E-state index contributed by atoms with van der Waals surface area (Å²) < 4.78 is 29.9. The van der Waals surface area contributed by atoms with Gasteiger partial charge < -0.3 is 10.1 Å². The molecule has 1 atom stereocenters. The molecule has 4 aromatic carbocycles. The van der Waals surface area contributed by atoms with Gasteiger partial charge in [0.25, 0.3) is 0 Å².